The second-order valence-electron chi connectivity index (χ2n) is 8.10. The summed E-state index contributed by atoms with van der Waals surface area (Å²) in [6.45, 7) is 3.36. The van der Waals surface area contributed by atoms with E-state index >= 15 is 0 Å². The van der Waals surface area contributed by atoms with Gasteiger partial charge in [-0.05, 0) is 64.2 Å². The largest absolute Gasteiger partial charge is 0.491 e. The molecule has 0 unspecified atom stereocenters. The van der Waals surface area contributed by atoms with E-state index in [1.165, 1.54) is 5.56 Å². The number of aryl methyl sites for hydroxylation is 1. The minimum atomic E-state index is -0.294. The summed E-state index contributed by atoms with van der Waals surface area (Å²) >= 11 is 6.34. The van der Waals surface area contributed by atoms with Crippen molar-refractivity contribution in [2.24, 2.45) is 0 Å². The number of halogens is 1. The minimum Gasteiger partial charge on any atom is -0.491 e. The van der Waals surface area contributed by atoms with E-state index in [4.69, 9.17) is 16.3 Å². The molecule has 0 saturated heterocycles. The van der Waals surface area contributed by atoms with Crippen molar-refractivity contribution >= 4 is 23.2 Å². The van der Waals surface area contributed by atoms with Gasteiger partial charge < -0.3 is 15.0 Å². The second-order valence-corrected chi connectivity index (χ2v) is 8.50. The molecule has 1 amide bonds. The van der Waals surface area contributed by atoms with Crippen molar-refractivity contribution in [1.82, 2.24) is 19.9 Å². The standard InChI is InChI=1S/C23H26ClN5O2/c1-15-4-9-18(10-5-15)29-22(16-6-7-16)21(26-27-29)23(30)25-17-8-11-20(19(24)14-17)31-13-12-28(2)3/h4-5,8-11,14,16H,6-7,12-13H2,1-3H3,(H,25,30). The van der Waals surface area contributed by atoms with Crippen LogP contribution in [-0.4, -0.2) is 53.0 Å². The van der Waals surface area contributed by atoms with Gasteiger partial charge in [0, 0.05) is 18.2 Å². The number of benzene rings is 2. The van der Waals surface area contributed by atoms with Crippen LogP contribution in [0.25, 0.3) is 5.69 Å². The van der Waals surface area contributed by atoms with Crippen LogP contribution in [-0.2, 0) is 0 Å². The highest BCUT2D eigenvalue weighted by molar-refractivity contribution is 6.32. The van der Waals surface area contributed by atoms with E-state index in [0.29, 0.717) is 34.7 Å². The maximum absolute atomic E-state index is 13.0. The Hall–Kier alpha value is -2.90. The maximum Gasteiger partial charge on any atom is 0.278 e. The van der Waals surface area contributed by atoms with E-state index in [-0.39, 0.29) is 5.91 Å². The zero-order valence-corrected chi connectivity index (χ0v) is 18.7. The first kappa shape index (κ1) is 21.3. The number of nitrogens with zero attached hydrogens (tertiary/aromatic N) is 4. The topological polar surface area (TPSA) is 72.3 Å². The molecule has 1 aromatic heterocycles. The molecule has 1 saturated carbocycles. The van der Waals surface area contributed by atoms with E-state index in [9.17, 15) is 4.79 Å². The molecule has 8 heteroatoms. The van der Waals surface area contributed by atoms with Crippen molar-refractivity contribution < 1.29 is 9.53 Å². The van der Waals surface area contributed by atoms with E-state index in [0.717, 1.165) is 30.8 Å². The van der Waals surface area contributed by atoms with Crippen LogP contribution >= 0.6 is 11.6 Å². The van der Waals surface area contributed by atoms with Crippen LogP contribution < -0.4 is 10.1 Å². The quantitative estimate of drug-likeness (QED) is 0.566. The Labute approximate surface area is 187 Å². The summed E-state index contributed by atoms with van der Waals surface area (Å²) in [5.41, 5.74) is 3.87. The number of ether oxygens (including phenoxy) is 1. The van der Waals surface area contributed by atoms with Crippen molar-refractivity contribution in [2.75, 3.05) is 32.6 Å². The van der Waals surface area contributed by atoms with Crippen LogP contribution in [0.1, 0.15) is 40.5 Å². The highest BCUT2D eigenvalue weighted by Crippen LogP contribution is 2.42. The third kappa shape index (κ3) is 5.06. The lowest BCUT2D eigenvalue weighted by Gasteiger charge is -2.13. The zero-order chi connectivity index (χ0) is 22.0. The summed E-state index contributed by atoms with van der Waals surface area (Å²) in [5.74, 6) is 0.594. The Morgan fingerprint density at radius 3 is 2.61 bits per heavy atom. The lowest BCUT2D eigenvalue weighted by Crippen LogP contribution is -2.19. The Bertz CT molecular complexity index is 1070. The number of nitrogens with one attached hydrogen (secondary N) is 1. The van der Waals surface area contributed by atoms with Gasteiger partial charge in [-0.2, -0.15) is 0 Å². The van der Waals surface area contributed by atoms with E-state index < -0.39 is 0 Å². The number of rotatable bonds is 8. The highest BCUT2D eigenvalue weighted by Gasteiger charge is 2.34. The molecule has 7 nitrogen and oxygen atoms in total. The molecular formula is C23H26ClN5O2. The summed E-state index contributed by atoms with van der Waals surface area (Å²) in [5, 5.41) is 11.8. The Balaban J connectivity index is 1.51. The van der Waals surface area contributed by atoms with Crippen LogP contribution in [0.3, 0.4) is 0 Å². The van der Waals surface area contributed by atoms with Crippen molar-refractivity contribution in [1.29, 1.82) is 0 Å². The number of hydrogen-bond acceptors (Lipinski definition) is 5. The smallest absolute Gasteiger partial charge is 0.278 e. The van der Waals surface area contributed by atoms with Gasteiger partial charge in [-0.1, -0.05) is 34.5 Å². The highest BCUT2D eigenvalue weighted by atomic mass is 35.5. The molecule has 1 fully saturated rings. The van der Waals surface area contributed by atoms with Gasteiger partial charge in [-0.3, -0.25) is 4.79 Å². The lowest BCUT2D eigenvalue weighted by molar-refractivity contribution is 0.102. The van der Waals surface area contributed by atoms with Crippen molar-refractivity contribution in [3.05, 3.63) is 64.4 Å². The normalized spacial score (nSPS) is 13.5. The molecule has 1 heterocycles. The minimum absolute atomic E-state index is 0.294. The van der Waals surface area contributed by atoms with Crippen LogP contribution in [0.4, 0.5) is 5.69 Å². The van der Waals surface area contributed by atoms with Crippen LogP contribution in [0, 0.1) is 6.92 Å². The fraction of sp³-hybridized carbons (Fsp3) is 0.348. The van der Waals surface area contributed by atoms with Crippen LogP contribution in [0.15, 0.2) is 42.5 Å². The molecule has 1 aliphatic rings. The maximum atomic E-state index is 13.0. The van der Waals surface area contributed by atoms with Gasteiger partial charge in [0.05, 0.1) is 16.4 Å². The molecule has 2 aromatic carbocycles. The van der Waals surface area contributed by atoms with Crippen LogP contribution in [0.5, 0.6) is 5.75 Å². The SMILES string of the molecule is Cc1ccc(-n2nnc(C(=O)Nc3ccc(OCCN(C)C)c(Cl)c3)c2C2CC2)cc1. The average molecular weight is 440 g/mol. The molecule has 0 bridgehead atoms. The lowest BCUT2D eigenvalue weighted by atomic mass is 10.2. The predicted octanol–water partition coefficient (Wildman–Crippen LogP) is 4.30. The van der Waals surface area contributed by atoms with Crippen molar-refractivity contribution in [2.45, 2.75) is 25.7 Å². The average Bonchev–Trinajstić information content (AvgIpc) is 3.48. The van der Waals surface area contributed by atoms with Gasteiger partial charge in [0.25, 0.3) is 5.91 Å². The number of anilines is 1. The molecule has 1 aliphatic carbocycles. The third-order valence-electron chi connectivity index (χ3n) is 5.15. The number of hydrogen-bond donors (Lipinski definition) is 1. The molecule has 3 aromatic rings. The molecule has 0 atom stereocenters. The Morgan fingerprint density at radius 2 is 1.97 bits per heavy atom. The summed E-state index contributed by atoms with van der Waals surface area (Å²) in [6, 6.07) is 13.3. The van der Waals surface area contributed by atoms with Crippen molar-refractivity contribution in [3.8, 4) is 11.4 Å². The molecule has 0 radical (unpaired) electrons. The third-order valence-corrected chi connectivity index (χ3v) is 5.44. The van der Waals surface area contributed by atoms with Crippen LogP contribution in [0.2, 0.25) is 5.02 Å². The first-order chi connectivity index (χ1) is 14.9. The Morgan fingerprint density at radius 1 is 1.23 bits per heavy atom. The molecule has 0 spiro atoms. The molecule has 4 rings (SSSR count). The monoisotopic (exact) mass is 439 g/mol. The molecule has 31 heavy (non-hydrogen) atoms. The predicted molar refractivity (Wildman–Crippen MR) is 122 cm³/mol. The molecule has 1 N–H and O–H groups in total. The van der Waals surface area contributed by atoms with Gasteiger partial charge in [-0.25, -0.2) is 4.68 Å². The van der Waals surface area contributed by atoms with Gasteiger partial charge in [0.2, 0.25) is 0 Å². The summed E-state index contributed by atoms with van der Waals surface area (Å²) in [6.07, 6.45) is 2.06. The number of carbonyl (C=O) groups excluding carboxylic acids is 1. The first-order valence-corrected chi connectivity index (χ1v) is 10.7. The molecular weight excluding hydrogens is 414 g/mol. The first-order valence-electron chi connectivity index (χ1n) is 10.3. The number of carbonyl (C=O) groups is 1. The number of amides is 1. The van der Waals surface area contributed by atoms with Gasteiger partial charge in [0.1, 0.15) is 12.4 Å². The fourth-order valence-corrected chi connectivity index (χ4v) is 3.51. The summed E-state index contributed by atoms with van der Waals surface area (Å²) < 4.78 is 7.48. The fourth-order valence-electron chi connectivity index (χ4n) is 3.27. The summed E-state index contributed by atoms with van der Waals surface area (Å²) in [4.78, 5) is 15.0. The summed E-state index contributed by atoms with van der Waals surface area (Å²) in [7, 11) is 3.96. The zero-order valence-electron chi connectivity index (χ0n) is 17.9. The number of likely N-dealkylation sites (N-methyl/N-ethyl adjacent to an activating group) is 1. The number of aromatic nitrogens is 3. The Kier molecular flexibility index (Phi) is 6.25. The van der Waals surface area contributed by atoms with Gasteiger partial charge in [-0.15, -0.1) is 5.10 Å². The van der Waals surface area contributed by atoms with Gasteiger partial charge in [0.15, 0.2) is 5.69 Å². The molecule has 0 aliphatic heterocycles. The van der Waals surface area contributed by atoms with Crippen molar-refractivity contribution in [3.63, 3.8) is 0 Å². The van der Waals surface area contributed by atoms with E-state index in [1.54, 1.807) is 22.9 Å². The molecule has 162 valence electrons. The van der Waals surface area contributed by atoms with E-state index in [1.807, 2.05) is 50.2 Å². The van der Waals surface area contributed by atoms with E-state index in [2.05, 4.69) is 15.6 Å². The van der Waals surface area contributed by atoms with Gasteiger partial charge >= 0.3 is 0 Å². The second kappa shape index (κ2) is 9.08.